The van der Waals surface area contributed by atoms with Gasteiger partial charge in [-0.25, -0.2) is 4.98 Å². The van der Waals surface area contributed by atoms with E-state index in [4.69, 9.17) is 33.5 Å². The molecule has 1 saturated heterocycles. The molecule has 2 aliphatic rings. The lowest BCUT2D eigenvalue weighted by molar-refractivity contribution is 0.0940. The molecule has 0 saturated carbocycles. The molecule has 0 bridgehead atoms. The maximum atomic E-state index is 12.9. The highest BCUT2D eigenvalue weighted by molar-refractivity contribution is 6.36. The van der Waals surface area contributed by atoms with Gasteiger partial charge in [0.2, 0.25) is 5.58 Å². The molecule has 1 aromatic carbocycles. The molecule has 2 aromatic heterocycles. The minimum atomic E-state index is -0.223. The molecule has 32 heavy (non-hydrogen) atoms. The molecule has 0 aliphatic carbocycles. The fourth-order valence-corrected chi connectivity index (χ4v) is 4.39. The Morgan fingerprint density at radius 3 is 2.94 bits per heavy atom. The summed E-state index contributed by atoms with van der Waals surface area (Å²) in [4.78, 5) is 19.3. The molecule has 5 N–H and O–H groups in total. The van der Waals surface area contributed by atoms with Gasteiger partial charge in [-0.05, 0) is 30.2 Å². The van der Waals surface area contributed by atoms with Crippen molar-refractivity contribution in [3.05, 3.63) is 64.0 Å². The summed E-state index contributed by atoms with van der Waals surface area (Å²) in [5, 5.41) is 8.18. The largest absolute Gasteiger partial charge is 0.380 e. The van der Waals surface area contributed by atoms with Crippen molar-refractivity contribution in [1.29, 1.82) is 0 Å². The van der Waals surface area contributed by atoms with E-state index >= 15 is 0 Å². The quantitative estimate of drug-likeness (QED) is 0.457. The number of pyridine rings is 1. The van der Waals surface area contributed by atoms with Gasteiger partial charge in [0, 0.05) is 43.3 Å². The molecule has 11 heteroatoms. The van der Waals surface area contributed by atoms with Crippen LogP contribution in [0.25, 0.3) is 16.5 Å². The molecule has 0 unspecified atom stereocenters. The second-order valence-corrected chi connectivity index (χ2v) is 8.34. The van der Waals surface area contributed by atoms with E-state index in [1.165, 1.54) is 6.20 Å². The monoisotopic (exact) mass is 471 g/mol. The fourth-order valence-electron chi connectivity index (χ4n) is 3.89. The summed E-state index contributed by atoms with van der Waals surface area (Å²) in [6.45, 7) is 1.24. The number of nitrogen functional groups attached to an aromatic ring is 1. The zero-order valence-corrected chi connectivity index (χ0v) is 18.2. The van der Waals surface area contributed by atoms with Crippen molar-refractivity contribution in [2.24, 2.45) is 0 Å². The van der Waals surface area contributed by atoms with Crippen LogP contribution in [0.2, 0.25) is 10.0 Å². The van der Waals surface area contributed by atoms with Crippen molar-refractivity contribution in [1.82, 2.24) is 26.3 Å². The Balaban J connectivity index is 1.29. The van der Waals surface area contributed by atoms with Crippen molar-refractivity contribution < 1.29 is 9.32 Å². The van der Waals surface area contributed by atoms with E-state index in [1.54, 1.807) is 18.3 Å². The Hall–Kier alpha value is -3.43. The number of fused-ring (bicyclic) bond motifs is 1. The molecular formula is C21H19Cl2N7O2. The van der Waals surface area contributed by atoms with E-state index < -0.39 is 0 Å². The Morgan fingerprint density at radius 1 is 1.28 bits per heavy atom. The summed E-state index contributed by atoms with van der Waals surface area (Å²) >= 11 is 12.6. The number of hydrogen-bond acceptors (Lipinski definition) is 8. The molecule has 3 aromatic rings. The lowest BCUT2D eigenvalue weighted by atomic mass is 10.0. The summed E-state index contributed by atoms with van der Waals surface area (Å²) in [6.07, 6.45) is 7.79. The smallest absolute Gasteiger partial charge is 0.253 e. The predicted octanol–water partition coefficient (Wildman–Crippen LogP) is 3.08. The van der Waals surface area contributed by atoms with E-state index in [0.29, 0.717) is 45.5 Å². The summed E-state index contributed by atoms with van der Waals surface area (Å²) in [5.41, 5.74) is 14.4. The number of allylic oxidation sites excluding steroid dienone is 2. The van der Waals surface area contributed by atoms with Gasteiger partial charge in [-0.15, -0.1) is 0 Å². The highest BCUT2D eigenvalue weighted by atomic mass is 35.5. The molecule has 4 heterocycles. The molecule has 9 nitrogen and oxygen atoms in total. The highest BCUT2D eigenvalue weighted by Gasteiger charge is 2.29. The Kier molecular flexibility index (Phi) is 5.28. The normalized spacial score (nSPS) is 17.8. The lowest BCUT2D eigenvalue weighted by Gasteiger charge is -2.18. The number of hydrogen-bond donors (Lipinski definition) is 4. The lowest BCUT2D eigenvalue weighted by Crippen LogP contribution is -2.37. The number of anilines is 2. The van der Waals surface area contributed by atoms with Crippen LogP contribution in [0.1, 0.15) is 22.3 Å². The topological polar surface area (TPSA) is 121 Å². The van der Waals surface area contributed by atoms with Gasteiger partial charge in [0.05, 0.1) is 21.0 Å². The molecular weight excluding hydrogens is 453 g/mol. The molecule has 5 rings (SSSR count). The Labute approximate surface area is 193 Å². The van der Waals surface area contributed by atoms with Crippen LogP contribution in [-0.4, -0.2) is 35.2 Å². The third-order valence-corrected chi connectivity index (χ3v) is 6.09. The van der Waals surface area contributed by atoms with Crippen LogP contribution in [0.4, 0.5) is 11.6 Å². The first-order valence-corrected chi connectivity index (χ1v) is 10.7. The number of rotatable bonds is 4. The van der Waals surface area contributed by atoms with Gasteiger partial charge >= 0.3 is 0 Å². The van der Waals surface area contributed by atoms with E-state index in [9.17, 15) is 4.79 Å². The van der Waals surface area contributed by atoms with Gasteiger partial charge in [-0.2, -0.15) is 0 Å². The van der Waals surface area contributed by atoms with Crippen LogP contribution in [-0.2, 0) is 0 Å². The molecule has 0 spiro atoms. The van der Waals surface area contributed by atoms with Gasteiger partial charge in [0.25, 0.3) is 5.91 Å². The summed E-state index contributed by atoms with van der Waals surface area (Å²) < 4.78 is 5.35. The van der Waals surface area contributed by atoms with Gasteiger partial charge in [0.15, 0.2) is 11.6 Å². The van der Waals surface area contributed by atoms with Crippen LogP contribution in [0.3, 0.4) is 0 Å². The summed E-state index contributed by atoms with van der Waals surface area (Å²) in [5.74, 6) is 0.603. The van der Waals surface area contributed by atoms with E-state index in [0.717, 1.165) is 17.6 Å². The molecule has 1 fully saturated rings. The molecule has 2 aliphatic heterocycles. The number of nitrogens with two attached hydrogens (primary N) is 1. The minimum Gasteiger partial charge on any atom is -0.380 e. The number of nitrogens with zero attached hydrogens (tertiary/aromatic N) is 3. The number of carbonyl (C=O) groups is 1. The molecule has 1 amide bonds. The Morgan fingerprint density at radius 2 is 2.16 bits per heavy atom. The fraction of sp³-hybridized carbons (Fsp3) is 0.190. The summed E-state index contributed by atoms with van der Waals surface area (Å²) in [7, 11) is 0. The maximum Gasteiger partial charge on any atom is 0.253 e. The number of halogens is 2. The molecule has 0 radical (unpaired) electrons. The number of amides is 1. The minimum absolute atomic E-state index is 0.0784. The average molecular weight is 472 g/mol. The van der Waals surface area contributed by atoms with E-state index in [1.807, 2.05) is 23.2 Å². The Bertz CT molecular complexity index is 1270. The average Bonchev–Trinajstić information content (AvgIpc) is 3.42. The number of benzene rings is 1. The highest BCUT2D eigenvalue weighted by Crippen LogP contribution is 2.35. The SMILES string of the molecule is Nc1noc2c(N3CC[C@@H](NC(=O)c4ccc(C5=CNNC=C5)cc4Cl)C3)ncc(Cl)c12. The number of nitrogens with one attached hydrogen (secondary N) is 3. The first kappa shape index (κ1) is 20.5. The first-order chi connectivity index (χ1) is 15.5. The van der Waals surface area contributed by atoms with Crippen LogP contribution < -0.4 is 26.8 Å². The van der Waals surface area contributed by atoms with Crippen LogP contribution in [0.15, 0.2) is 47.4 Å². The maximum absolute atomic E-state index is 12.9. The summed E-state index contributed by atoms with van der Waals surface area (Å²) in [6, 6.07) is 5.31. The number of hydrazine groups is 1. The van der Waals surface area contributed by atoms with Gasteiger partial charge < -0.3 is 31.3 Å². The third-order valence-electron chi connectivity index (χ3n) is 5.49. The zero-order chi connectivity index (χ0) is 22.2. The van der Waals surface area contributed by atoms with Crippen molar-refractivity contribution in [2.75, 3.05) is 23.7 Å². The van der Waals surface area contributed by atoms with E-state index in [2.05, 4.69) is 26.3 Å². The number of aromatic nitrogens is 2. The molecule has 1 atom stereocenters. The number of carbonyl (C=O) groups excluding carboxylic acids is 1. The first-order valence-electron chi connectivity index (χ1n) is 9.94. The van der Waals surface area contributed by atoms with Gasteiger partial charge in [0.1, 0.15) is 0 Å². The van der Waals surface area contributed by atoms with Crippen molar-refractivity contribution in [3.8, 4) is 0 Å². The predicted molar refractivity (Wildman–Crippen MR) is 124 cm³/mol. The zero-order valence-electron chi connectivity index (χ0n) is 16.7. The van der Waals surface area contributed by atoms with Gasteiger partial charge in [-0.1, -0.05) is 34.4 Å². The van der Waals surface area contributed by atoms with Crippen LogP contribution in [0, 0.1) is 0 Å². The van der Waals surface area contributed by atoms with E-state index in [-0.39, 0.29) is 17.8 Å². The standard InChI is InChI=1S/C21H19Cl2N7O2/c22-15-7-11(12-3-5-26-27-8-12)1-2-14(15)21(31)28-13-4-6-30(10-13)20-18-17(16(23)9-25-20)19(24)29-32-18/h1-3,5,7-9,13,26-27H,4,6,10H2,(H2,24,29)(H,28,31)/t13-/m1/s1. The second-order valence-electron chi connectivity index (χ2n) is 7.52. The van der Waals surface area contributed by atoms with Crippen molar-refractivity contribution >= 4 is 57.3 Å². The van der Waals surface area contributed by atoms with Crippen molar-refractivity contribution in [3.63, 3.8) is 0 Å². The second kappa shape index (κ2) is 8.25. The van der Waals surface area contributed by atoms with Crippen LogP contribution >= 0.6 is 23.2 Å². The third kappa shape index (κ3) is 3.69. The van der Waals surface area contributed by atoms with Crippen LogP contribution in [0.5, 0.6) is 0 Å². The molecule has 164 valence electrons. The van der Waals surface area contributed by atoms with Gasteiger partial charge in [-0.3, -0.25) is 4.79 Å². The van der Waals surface area contributed by atoms with Crippen molar-refractivity contribution in [2.45, 2.75) is 12.5 Å².